The first-order valence-electron chi connectivity index (χ1n) is 7.56. The third-order valence-corrected chi connectivity index (χ3v) is 4.77. The molecule has 2 aromatic carbocycles. The van der Waals surface area contributed by atoms with Crippen molar-refractivity contribution < 1.29 is 13.2 Å². The lowest BCUT2D eigenvalue weighted by Gasteiger charge is -2.13. The Kier molecular flexibility index (Phi) is 8.21. The number of benzene rings is 2. The summed E-state index contributed by atoms with van der Waals surface area (Å²) in [7, 11) is -3.59. The third-order valence-electron chi connectivity index (χ3n) is 3.33. The van der Waals surface area contributed by atoms with Gasteiger partial charge in [0, 0.05) is 12.6 Å². The van der Waals surface area contributed by atoms with Gasteiger partial charge >= 0.3 is 0 Å². The van der Waals surface area contributed by atoms with Crippen molar-refractivity contribution in [2.45, 2.75) is 24.3 Å². The van der Waals surface area contributed by atoms with E-state index in [1.165, 1.54) is 12.1 Å². The van der Waals surface area contributed by atoms with Crippen LogP contribution in [-0.4, -0.2) is 21.6 Å². The molecule has 0 aliphatic heterocycles. The summed E-state index contributed by atoms with van der Waals surface area (Å²) in [5.41, 5.74) is 6.90. The second kappa shape index (κ2) is 9.64. The number of ether oxygens (including phenoxy) is 1. The van der Waals surface area contributed by atoms with Crippen LogP contribution in [0.2, 0.25) is 0 Å². The Morgan fingerprint density at radius 2 is 1.71 bits per heavy atom. The molecule has 2 aromatic rings. The van der Waals surface area contributed by atoms with Crippen molar-refractivity contribution in [1.82, 2.24) is 4.72 Å². The molecule has 1 unspecified atom stereocenters. The van der Waals surface area contributed by atoms with E-state index < -0.39 is 16.1 Å². The summed E-state index contributed by atoms with van der Waals surface area (Å²) in [6, 6.07) is 15.4. The fourth-order valence-electron chi connectivity index (χ4n) is 2.04. The third kappa shape index (κ3) is 5.79. The monoisotopic (exact) mass is 370 g/mol. The molecular formula is C17H23ClN2O3S. The van der Waals surface area contributed by atoms with Crippen LogP contribution in [0, 0.1) is 0 Å². The van der Waals surface area contributed by atoms with Gasteiger partial charge < -0.3 is 10.5 Å². The Labute approximate surface area is 149 Å². The molecule has 0 saturated carbocycles. The summed E-state index contributed by atoms with van der Waals surface area (Å²) in [4.78, 5) is 0.196. The van der Waals surface area contributed by atoms with Crippen LogP contribution in [0.15, 0.2) is 59.5 Å². The average Bonchev–Trinajstić information content (AvgIpc) is 2.59. The van der Waals surface area contributed by atoms with E-state index in [1.54, 1.807) is 12.1 Å². The van der Waals surface area contributed by atoms with Gasteiger partial charge in [-0.2, -0.15) is 0 Å². The first kappa shape index (κ1) is 20.4. The second-order valence-electron chi connectivity index (χ2n) is 5.19. The van der Waals surface area contributed by atoms with E-state index in [1.807, 2.05) is 37.3 Å². The highest BCUT2D eigenvalue weighted by Crippen LogP contribution is 2.17. The average molecular weight is 371 g/mol. The van der Waals surface area contributed by atoms with Gasteiger partial charge in [-0.15, -0.1) is 12.4 Å². The Hall–Kier alpha value is -1.60. The molecular weight excluding hydrogens is 348 g/mol. The number of rotatable bonds is 8. The van der Waals surface area contributed by atoms with Crippen LogP contribution in [0.5, 0.6) is 5.75 Å². The van der Waals surface area contributed by atoms with Gasteiger partial charge in [-0.1, -0.05) is 37.3 Å². The van der Waals surface area contributed by atoms with Crippen LogP contribution in [0.25, 0.3) is 0 Å². The Morgan fingerprint density at radius 3 is 2.29 bits per heavy atom. The SMILES string of the molecule is CCCOc1ccc(S(=O)(=O)NCC(N)c2ccccc2)cc1.Cl. The van der Waals surface area contributed by atoms with Crippen molar-refractivity contribution in [3.8, 4) is 5.75 Å². The minimum Gasteiger partial charge on any atom is -0.494 e. The van der Waals surface area contributed by atoms with Gasteiger partial charge in [-0.3, -0.25) is 0 Å². The zero-order chi connectivity index (χ0) is 16.7. The molecule has 0 spiro atoms. The van der Waals surface area contributed by atoms with Crippen molar-refractivity contribution in [1.29, 1.82) is 0 Å². The first-order valence-corrected chi connectivity index (χ1v) is 9.04. The van der Waals surface area contributed by atoms with Gasteiger partial charge in [-0.05, 0) is 36.2 Å². The van der Waals surface area contributed by atoms with E-state index in [-0.39, 0.29) is 23.8 Å². The molecule has 0 aliphatic carbocycles. The quantitative estimate of drug-likeness (QED) is 0.748. The van der Waals surface area contributed by atoms with Crippen LogP contribution in [-0.2, 0) is 10.0 Å². The summed E-state index contributed by atoms with van der Waals surface area (Å²) >= 11 is 0. The van der Waals surface area contributed by atoms with E-state index in [0.717, 1.165) is 12.0 Å². The van der Waals surface area contributed by atoms with Crippen LogP contribution < -0.4 is 15.2 Å². The minimum atomic E-state index is -3.59. The molecule has 0 aromatic heterocycles. The van der Waals surface area contributed by atoms with Crippen LogP contribution in [0.1, 0.15) is 24.9 Å². The highest BCUT2D eigenvalue weighted by atomic mass is 35.5. The number of halogens is 1. The largest absolute Gasteiger partial charge is 0.494 e. The molecule has 24 heavy (non-hydrogen) atoms. The van der Waals surface area contributed by atoms with Crippen LogP contribution >= 0.6 is 12.4 Å². The molecule has 0 aliphatic rings. The molecule has 0 amide bonds. The van der Waals surface area contributed by atoms with E-state index in [9.17, 15) is 8.42 Å². The highest BCUT2D eigenvalue weighted by Gasteiger charge is 2.16. The predicted octanol–water partition coefficient (Wildman–Crippen LogP) is 2.88. The maximum Gasteiger partial charge on any atom is 0.240 e. The molecule has 0 saturated heterocycles. The summed E-state index contributed by atoms with van der Waals surface area (Å²) in [5.74, 6) is 0.659. The first-order chi connectivity index (χ1) is 11.0. The molecule has 0 fully saturated rings. The van der Waals surface area contributed by atoms with Crippen molar-refractivity contribution in [3.05, 3.63) is 60.2 Å². The van der Waals surface area contributed by atoms with Gasteiger partial charge in [0.15, 0.2) is 0 Å². The van der Waals surface area contributed by atoms with Gasteiger partial charge in [0.25, 0.3) is 0 Å². The lowest BCUT2D eigenvalue weighted by Crippen LogP contribution is -2.31. The predicted molar refractivity (Wildman–Crippen MR) is 98.0 cm³/mol. The van der Waals surface area contributed by atoms with Crippen LogP contribution in [0.3, 0.4) is 0 Å². The van der Waals surface area contributed by atoms with Crippen molar-refractivity contribution in [2.75, 3.05) is 13.2 Å². The van der Waals surface area contributed by atoms with Crippen LogP contribution in [0.4, 0.5) is 0 Å². The molecule has 1 atom stereocenters. The van der Waals surface area contributed by atoms with Crippen molar-refractivity contribution >= 4 is 22.4 Å². The van der Waals surface area contributed by atoms with Gasteiger partial charge in [0.2, 0.25) is 10.0 Å². The molecule has 0 bridgehead atoms. The summed E-state index contributed by atoms with van der Waals surface area (Å²) < 4.78 is 32.6. The fourth-order valence-corrected chi connectivity index (χ4v) is 3.10. The Balaban J connectivity index is 0.00000288. The number of hydrogen-bond acceptors (Lipinski definition) is 4. The topological polar surface area (TPSA) is 81.4 Å². The number of sulfonamides is 1. The zero-order valence-corrected chi connectivity index (χ0v) is 15.1. The molecule has 132 valence electrons. The minimum absolute atomic E-state index is 0. The second-order valence-corrected chi connectivity index (χ2v) is 6.96. The summed E-state index contributed by atoms with van der Waals surface area (Å²) in [6.07, 6.45) is 0.902. The summed E-state index contributed by atoms with van der Waals surface area (Å²) in [5, 5.41) is 0. The molecule has 5 nitrogen and oxygen atoms in total. The Morgan fingerprint density at radius 1 is 1.08 bits per heavy atom. The molecule has 0 radical (unpaired) electrons. The Bertz CT molecular complexity index is 706. The molecule has 7 heteroatoms. The highest BCUT2D eigenvalue weighted by molar-refractivity contribution is 7.89. The lowest BCUT2D eigenvalue weighted by atomic mass is 10.1. The van der Waals surface area contributed by atoms with Gasteiger partial charge in [0.05, 0.1) is 11.5 Å². The molecule has 0 heterocycles. The maximum atomic E-state index is 12.3. The zero-order valence-electron chi connectivity index (χ0n) is 13.5. The van der Waals surface area contributed by atoms with E-state index in [4.69, 9.17) is 10.5 Å². The number of nitrogens with two attached hydrogens (primary N) is 1. The molecule has 3 N–H and O–H groups in total. The van der Waals surface area contributed by atoms with Gasteiger partial charge in [0.1, 0.15) is 5.75 Å². The van der Waals surface area contributed by atoms with Gasteiger partial charge in [-0.25, -0.2) is 13.1 Å². The maximum absolute atomic E-state index is 12.3. The number of hydrogen-bond donors (Lipinski definition) is 2. The molecule has 2 rings (SSSR count). The number of nitrogens with one attached hydrogen (secondary N) is 1. The lowest BCUT2D eigenvalue weighted by molar-refractivity contribution is 0.317. The smallest absolute Gasteiger partial charge is 0.240 e. The van der Waals surface area contributed by atoms with Crippen molar-refractivity contribution in [2.24, 2.45) is 5.73 Å². The van der Waals surface area contributed by atoms with E-state index in [2.05, 4.69) is 4.72 Å². The van der Waals surface area contributed by atoms with E-state index >= 15 is 0 Å². The van der Waals surface area contributed by atoms with Crippen molar-refractivity contribution in [3.63, 3.8) is 0 Å². The summed E-state index contributed by atoms with van der Waals surface area (Å²) in [6.45, 7) is 2.76. The normalized spacial score (nSPS) is 12.2. The fraction of sp³-hybridized carbons (Fsp3) is 0.294. The van der Waals surface area contributed by atoms with E-state index in [0.29, 0.717) is 12.4 Å². The standard InChI is InChI=1S/C17H22N2O3S.ClH/c1-2-12-22-15-8-10-16(11-9-15)23(20,21)19-13-17(18)14-6-4-3-5-7-14;/h3-11,17,19H,2,12-13,18H2,1H3;1H.